The van der Waals surface area contributed by atoms with Crippen LogP contribution in [0.3, 0.4) is 0 Å². The van der Waals surface area contributed by atoms with E-state index in [4.69, 9.17) is 0 Å². The molecule has 1 atom stereocenters. The van der Waals surface area contributed by atoms with Crippen LogP contribution in [0.1, 0.15) is 5.56 Å². The molecule has 102 valence electrons. The molecule has 1 unspecified atom stereocenters. The Balaban J connectivity index is 1.92. The number of fused-ring (bicyclic) bond motifs is 1. The van der Waals surface area contributed by atoms with E-state index in [2.05, 4.69) is 25.9 Å². The number of sulfone groups is 1. The number of hydrogen-bond donors (Lipinski definition) is 0. The van der Waals surface area contributed by atoms with Crippen molar-refractivity contribution in [3.63, 3.8) is 0 Å². The highest BCUT2D eigenvalue weighted by molar-refractivity contribution is 9.11. The van der Waals surface area contributed by atoms with Crippen LogP contribution < -0.4 is 0 Å². The van der Waals surface area contributed by atoms with Gasteiger partial charge >= 0.3 is 0 Å². The van der Waals surface area contributed by atoms with Crippen molar-refractivity contribution >= 4 is 37.7 Å². The summed E-state index contributed by atoms with van der Waals surface area (Å²) in [7, 11) is -3.39. The van der Waals surface area contributed by atoms with E-state index in [1.54, 1.807) is 24.4 Å². The molecule has 6 heteroatoms. The van der Waals surface area contributed by atoms with Gasteiger partial charge in [-0.15, -0.1) is 0 Å². The van der Waals surface area contributed by atoms with Crippen molar-refractivity contribution in [3.8, 4) is 0 Å². The molecule has 0 radical (unpaired) electrons. The Morgan fingerprint density at radius 1 is 1.20 bits per heavy atom. The molecule has 3 rings (SSSR count). The van der Waals surface area contributed by atoms with E-state index in [0.717, 1.165) is 11.1 Å². The number of allylic oxidation sites excluding steroid dienone is 2. The fourth-order valence-electron chi connectivity index (χ4n) is 2.18. The van der Waals surface area contributed by atoms with Gasteiger partial charge in [-0.2, -0.15) is 0 Å². The molecule has 2 heterocycles. The minimum absolute atomic E-state index is 0.0194. The van der Waals surface area contributed by atoms with Gasteiger partial charge in [-0.25, -0.2) is 8.42 Å². The molecule has 0 aliphatic carbocycles. The van der Waals surface area contributed by atoms with Crippen LogP contribution in [0.25, 0.3) is 0 Å². The molecule has 2 aliphatic heterocycles. The summed E-state index contributed by atoms with van der Waals surface area (Å²) in [4.78, 5) is 8.30. The predicted octanol–water partition coefficient (Wildman–Crippen LogP) is 2.63. The van der Waals surface area contributed by atoms with Crippen molar-refractivity contribution in [1.29, 1.82) is 0 Å². The summed E-state index contributed by atoms with van der Waals surface area (Å²) in [5, 5.41) is -0.783. The van der Waals surface area contributed by atoms with E-state index in [9.17, 15) is 8.42 Å². The first kappa shape index (κ1) is 13.5. The van der Waals surface area contributed by atoms with Gasteiger partial charge in [0.2, 0.25) is 0 Å². The molecule has 0 aromatic heterocycles. The van der Waals surface area contributed by atoms with Gasteiger partial charge in [-0.05, 0) is 27.6 Å². The highest BCUT2D eigenvalue weighted by Crippen LogP contribution is 2.28. The first-order valence-corrected chi connectivity index (χ1v) is 8.53. The van der Waals surface area contributed by atoms with Crippen molar-refractivity contribution in [2.75, 3.05) is 0 Å². The second kappa shape index (κ2) is 5.10. The van der Waals surface area contributed by atoms with Crippen LogP contribution in [-0.2, 0) is 15.6 Å². The summed E-state index contributed by atoms with van der Waals surface area (Å²) in [5.41, 5.74) is 2.06. The Morgan fingerprint density at radius 2 is 1.95 bits per heavy atom. The van der Waals surface area contributed by atoms with E-state index < -0.39 is 15.1 Å². The molecule has 20 heavy (non-hydrogen) atoms. The van der Waals surface area contributed by atoms with Gasteiger partial charge in [0.05, 0.1) is 11.5 Å². The smallest absolute Gasteiger partial charge is 0.168 e. The Morgan fingerprint density at radius 3 is 2.70 bits per heavy atom. The fraction of sp³-hybridized carbons (Fsp3) is 0.143. The molecular weight excluding hydrogens is 340 g/mol. The zero-order valence-electron chi connectivity index (χ0n) is 10.4. The monoisotopic (exact) mass is 350 g/mol. The van der Waals surface area contributed by atoms with Crippen LogP contribution >= 0.6 is 15.9 Å². The van der Waals surface area contributed by atoms with Gasteiger partial charge in [-0.1, -0.05) is 30.3 Å². The van der Waals surface area contributed by atoms with Crippen molar-refractivity contribution in [1.82, 2.24) is 0 Å². The second-order valence-electron chi connectivity index (χ2n) is 4.53. The van der Waals surface area contributed by atoms with Crippen molar-refractivity contribution in [2.24, 2.45) is 9.98 Å². The van der Waals surface area contributed by atoms with E-state index in [1.165, 1.54) is 6.21 Å². The minimum atomic E-state index is -3.39. The molecule has 0 saturated heterocycles. The van der Waals surface area contributed by atoms with E-state index in [-0.39, 0.29) is 5.75 Å². The maximum Gasteiger partial charge on any atom is 0.168 e. The topological polar surface area (TPSA) is 58.9 Å². The SMILES string of the molecule is O=S(=O)(Cc1ccccc1)C1C=NC(Br)=C2C=CN=C21. The third-order valence-corrected chi connectivity index (χ3v) is 5.63. The summed E-state index contributed by atoms with van der Waals surface area (Å²) in [6.07, 6.45) is 4.81. The van der Waals surface area contributed by atoms with Crippen LogP contribution in [0.15, 0.2) is 62.8 Å². The van der Waals surface area contributed by atoms with Crippen molar-refractivity contribution < 1.29 is 8.42 Å². The molecule has 0 N–H and O–H groups in total. The lowest BCUT2D eigenvalue weighted by atomic mass is 10.1. The van der Waals surface area contributed by atoms with Crippen molar-refractivity contribution in [3.05, 3.63) is 58.4 Å². The molecule has 4 nitrogen and oxygen atoms in total. The number of halogens is 1. The summed E-state index contributed by atoms with van der Waals surface area (Å²) >= 11 is 3.31. The van der Waals surface area contributed by atoms with Crippen LogP contribution in [0.2, 0.25) is 0 Å². The first-order valence-electron chi connectivity index (χ1n) is 6.02. The van der Waals surface area contributed by atoms with Crippen LogP contribution in [-0.4, -0.2) is 25.6 Å². The average molecular weight is 351 g/mol. The molecule has 0 saturated carbocycles. The maximum absolute atomic E-state index is 12.6. The zero-order chi connectivity index (χ0) is 14.2. The standard InChI is InChI=1S/C14H11BrN2O2S/c15-14-11-6-7-16-13(11)12(8-17-14)20(18,19)9-10-4-2-1-3-5-10/h1-8,12H,9H2. The quantitative estimate of drug-likeness (QED) is 0.786. The van der Waals surface area contributed by atoms with E-state index in [1.807, 2.05) is 18.2 Å². The van der Waals surface area contributed by atoms with Crippen LogP contribution in [0, 0.1) is 0 Å². The Kier molecular flexibility index (Phi) is 3.43. The molecule has 1 aromatic rings. The van der Waals surface area contributed by atoms with E-state index in [0.29, 0.717) is 10.3 Å². The summed E-state index contributed by atoms with van der Waals surface area (Å²) in [6.45, 7) is 0. The summed E-state index contributed by atoms with van der Waals surface area (Å²) in [6, 6.07) is 9.13. The number of nitrogens with zero attached hydrogens (tertiary/aromatic N) is 2. The van der Waals surface area contributed by atoms with Gasteiger partial charge in [-0.3, -0.25) is 9.98 Å². The Bertz CT molecular complexity index is 762. The van der Waals surface area contributed by atoms with Crippen LogP contribution in [0.5, 0.6) is 0 Å². The molecule has 1 aromatic carbocycles. The van der Waals surface area contributed by atoms with Gasteiger partial charge in [0, 0.05) is 18.0 Å². The molecule has 0 fully saturated rings. The lowest BCUT2D eigenvalue weighted by Gasteiger charge is -2.18. The van der Waals surface area contributed by atoms with Crippen molar-refractivity contribution in [2.45, 2.75) is 11.0 Å². The minimum Gasteiger partial charge on any atom is -0.259 e. The average Bonchev–Trinajstić information content (AvgIpc) is 2.89. The van der Waals surface area contributed by atoms with Gasteiger partial charge in [0.15, 0.2) is 9.84 Å². The summed E-state index contributed by atoms with van der Waals surface area (Å²) < 4.78 is 25.8. The Hall–Kier alpha value is -1.53. The number of hydrogen-bond acceptors (Lipinski definition) is 4. The normalized spacial score (nSPS) is 21.1. The largest absolute Gasteiger partial charge is 0.259 e. The van der Waals surface area contributed by atoms with E-state index >= 15 is 0 Å². The van der Waals surface area contributed by atoms with Gasteiger partial charge in [0.25, 0.3) is 0 Å². The van der Waals surface area contributed by atoms with Gasteiger partial charge in [0.1, 0.15) is 9.86 Å². The third kappa shape index (κ3) is 2.41. The lowest BCUT2D eigenvalue weighted by Crippen LogP contribution is -2.35. The highest BCUT2D eigenvalue weighted by Gasteiger charge is 2.34. The number of rotatable bonds is 3. The third-order valence-electron chi connectivity index (χ3n) is 3.14. The van der Waals surface area contributed by atoms with Gasteiger partial charge < -0.3 is 0 Å². The Labute approximate surface area is 125 Å². The first-order chi connectivity index (χ1) is 9.58. The molecule has 0 spiro atoms. The number of aliphatic imine (C=N–C) groups is 2. The van der Waals surface area contributed by atoms with Crippen LogP contribution in [0.4, 0.5) is 0 Å². The summed E-state index contributed by atoms with van der Waals surface area (Å²) in [5.74, 6) is -0.0194. The predicted molar refractivity (Wildman–Crippen MR) is 83.9 cm³/mol. The lowest BCUT2D eigenvalue weighted by molar-refractivity contribution is 0.596. The maximum atomic E-state index is 12.6. The molecular formula is C14H11BrN2O2S. The fourth-order valence-corrected chi connectivity index (χ4v) is 4.25. The highest BCUT2D eigenvalue weighted by atomic mass is 79.9. The zero-order valence-corrected chi connectivity index (χ0v) is 12.8. The second-order valence-corrected chi connectivity index (χ2v) is 7.40. The molecule has 2 aliphatic rings. The number of benzene rings is 1. The molecule has 0 amide bonds. The molecule has 0 bridgehead atoms.